The van der Waals surface area contributed by atoms with Crippen molar-refractivity contribution in [1.82, 2.24) is 15.1 Å². The summed E-state index contributed by atoms with van der Waals surface area (Å²) in [4.78, 5) is 10.6. The van der Waals surface area contributed by atoms with E-state index in [4.69, 9.17) is 9.47 Å². The van der Waals surface area contributed by atoms with Gasteiger partial charge in [-0.3, -0.25) is 9.89 Å². The number of aliphatic imine (C=N–C) groups is 1. The lowest BCUT2D eigenvalue weighted by molar-refractivity contribution is 0.124. The first-order chi connectivity index (χ1) is 14.6. The van der Waals surface area contributed by atoms with E-state index in [1.54, 1.807) is 14.2 Å². The summed E-state index contributed by atoms with van der Waals surface area (Å²) in [7, 11) is 9.50. The molecule has 0 bridgehead atoms. The summed E-state index contributed by atoms with van der Waals surface area (Å²) in [5.74, 6) is 3.07. The standard InChI is InChI=1S/C23H34N4O2S/c1-24-23(27(3)16-18-10-11-19(28-4)14-20(18)29-5)25-15-17-8-6-12-26(2)22(17)21-9-7-13-30-21/h7,9-11,13-14,17,22H,6,8,12,15-16H2,1-5H3,(H,24,25). The van der Waals surface area contributed by atoms with Crippen molar-refractivity contribution < 1.29 is 9.47 Å². The van der Waals surface area contributed by atoms with Gasteiger partial charge in [0.2, 0.25) is 0 Å². The molecule has 0 amide bonds. The minimum Gasteiger partial charge on any atom is -0.497 e. The fraction of sp³-hybridized carbons (Fsp3) is 0.522. The highest BCUT2D eigenvalue weighted by atomic mass is 32.1. The molecule has 2 heterocycles. The van der Waals surface area contributed by atoms with Crippen LogP contribution in [0.15, 0.2) is 40.7 Å². The smallest absolute Gasteiger partial charge is 0.193 e. The van der Waals surface area contributed by atoms with E-state index in [1.807, 2.05) is 36.6 Å². The highest BCUT2D eigenvalue weighted by molar-refractivity contribution is 7.10. The Hall–Kier alpha value is -2.25. The molecule has 2 unspecified atom stereocenters. The topological polar surface area (TPSA) is 49.3 Å². The lowest BCUT2D eigenvalue weighted by Crippen LogP contribution is -2.45. The molecule has 0 radical (unpaired) electrons. The zero-order valence-electron chi connectivity index (χ0n) is 18.7. The molecule has 0 saturated carbocycles. The van der Waals surface area contributed by atoms with E-state index in [9.17, 15) is 0 Å². The average Bonchev–Trinajstić information content (AvgIpc) is 3.28. The summed E-state index contributed by atoms with van der Waals surface area (Å²) in [5.41, 5.74) is 1.10. The molecule has 1 aromatic heterocycles. The van der Waals surface area contributed by atoms with Crippen LogP contribution in [0.4, 0.5) is 0 Å². The summed E-state index contributed by atoms with van der Waals surface area (Å²) >= 11 is 1.86. The predicted molar refractivity (Wildman–Crippen MR) is 125 cm³/mol. The van der Waals surface area contributed by atoms with E-state index in [-0.39, 0.29) is 0 Å². The molecule has 0 spiro atoms. The lowest BCUT2D eigenvalue weighted by atomic mass is 9.88. The second kappa shape index (κ2) is 10.7. The molecular formula is C23H34N4O2S. The summed E-state index contributed by atoms with van der Waals surface area (Å²) in [6, 6.07) is 10.8. The zero-order valence-corrected chi connectivity index (χ0v) is 19.5. The minimum atomic E-state index is 0.469. The van der Waals surface area contributed by atoms with Gasteiger partial charge in [0, 0.05) is 49.7 Å². The van der Waals surface area contributed by atoms with Crippen molar-refractivity contribution >= 4 is 17.3 Å². The number of rotatable bonds is 7. The Kier molecular flexibility index (Phi) is 7.99. The van der Waals surface area contributed by atoms with Gasteiger partial charge in [0.05, 0.1) is 14.2 Å². The molecule has 1 aromatic carbocycles. The van der Waals surface area contributed by atoms with E-state index >= 15 is 0 Å². The van der Waals surface area contributed by atoms with Crippen LogP contribution in [0.2, 0.25) is 0 Å². The Morgan fingerprint density at radius 1 is 1.30 bits per heavy atom. The first kappa shape index (κ1) is 22.4. The van der Waals surface area contributed by atoms with E-state index in [0.29, 0.717) is 18.5 Å². The Balaban J connectivity index is 1.65. The molecule has 1 fully saturated rings. The van der Waals surface area contributed by atoms with Gasteiger partial charge < -0.3 is 19.7 Å². The van der Waals surface area contributed by atoms with Gasteiger partial charge in [-0.1, -0.05) is 6.07 Å². The van der Waals surface area contributed by atoms with Crippen LogP contribution in [0.5, 0.6) is 11.5 Å². The van der Waals surface area contributed by atoms with Crippen LogP contribution in [0.25, 0.3) is 0 Å². The maximum Gasteiger partial charge on any atom is 0.193 e. The molecule has 1 N–H and O–H groups in total. The molecule has 3 rings (SSSR count). The fourth-order valence-electron chi connectivity index (χ4n) is 4.30. The summed E-state index contributed by atoms with van der Waals surface area (Å²) in [6.45, 7) is 2.76. The Morgan fingerprint density at radius 2 is 2.13 bits per heavy atom. The maximum atomic E-state index is 5.55. The lowest BCUT2D eigenvalue weighted by Gasteiger charge is -2.39. The third-order valence-corrected chi connectivity index (χ3v) is 6.78. The Labute approximate surface area is 184 Å². The molecule has 164 valence electrons. The molecular weight excluding hydrogens is 396 g/mol. The molecule has 0 aliphatic carbocycles. The van der Waals surface area contributed by atoms with Crippen LogP contribution in [-0.2, 0) is 6.54 Å². The van der Waals surface area contributed by atoms with Crippen LogP contribution >= 0.6 is 11.3 Å². The van der Waals surface area contributed by atoms with Crippen molar-refractivity contribution in [3.63, 3.8) is 0 Å². The summed E-state index contributed by atoms with van der Waals surface area (Å²) in [5, 5.41) is 5.80. The van der Waals surface area contributed by atoms with Crippen LogP contribution < -0.4 is 14.8 Å². The number of likely N-dealkylation sites (tertiary alicyclic amines) is 1. The van der Waals surface area contributed by atoms with Crippen LogP contribution in [0.3, 0.4) is 0 Å². The van der Waals surface area contributed by atoms with Gasteiger partial charge in [0.25, 0.3) is 0 Å². The number of piperidine rings is 1. The van der Waals surface area contributed by atoms with Crippen LogP contribution in [0, 0.1) is 5.92 Å². The van der Waals surface area contributed by atoms with Crippen molar-refractivity contribution in [2.24, 2.45) is 10.9 Å². The molecule has 2 aromatic rings. The summed E-state index contributed by atoms with van der Waals surface area (Å²) in [6.07, 6.45) is 2.47. The maximum absolute atomic E-state index is 5.55. The molecule has 1 aliphatic heterocycles. The highest BCUT2D eigenvalue weighted by Crippen LogP contribution is 2.36. The first-order valence-electron chi connectivity index (χ1n) is 10.4. The number of hydrogen-bond acceptors (Lipinski definition) is 5. The van der Waals surface area contributed by atoms with Crippen molar-refractivity contribution in [3.05, 3.63) is 46.2 Å². The third-order valence-electron chi connectivity index (χ3n) is 5.84. The monoisotopic (exact) mass is 430 g/mol. The number of ether oxygens (including phenoxy) is 2. The second-order valence-electron chi connectivity index (χ2n) is 7.81. The van der Waals surface area contributed by atoms with Crippen molar-refractivity contribution in [2.75, 3.05) is 48.5 Å². The van der Waals surface area contributed by atoms with Crippen LogP contribution in [0.1, 0.15) is 29.3 Å². The van der Waals surface area contributed by atoms with Gasteiger partial charge in [-0.2, -0.15) is 0 Å². The second-order valence-corrected chi connectivity index (χ2v) is 8.78. The van der Waals surface area contributed by atoms with Gasteiger partial charge >= 0.3 is 0 Å². The Bertz CT molecular complexity index is 825. The van der Waals surface area contributed by atoms with Gasteiger partial charge in [-0.25, -0.2) is 0 Å². The molecule has 1 aliphatic rings. The van der Waals surface area contributed by atoms with E-state index in [0.717, 1.165) is 36.1 Å². The van der Waals surface area contributed by atoms with Crippen LogP contribution in [-0.4, -0.2) is 64.2 Å². The van der Waals surface area contributed by atoms with Gasteiger partial charge in [-0.05, 0) is 55.9 Å². The molecule has 30 heavy (non-hydrogen) atoms. The molecule has 7 heteroatoms. The number of methoxy groups -OCH3 is 2. The predicted octanol–water partition coefficient (Wildman–Crippen LogP) is 3.86. The summed E-state index contributed by atoms with van der Waals surface area (Å²) < 4.78 is 10.9. The number of nitrogens with zero attached hydrogens (tertiary/aromatic N) is 3. The minimum absolute atomic E-state index is 0.469. The average molecular weight is 431 g/mol. The van der Waals surface area contributed by atoms with Gasteiger partial charge in [0.15, 0.2) is 5.96 Å². The number of nitrogens with one attached hydrogen (secondary N) is 1. The van der Waals surface area contributed by atoms with E-state index in [2.05, 4.69) is 51.7 Å². The third kappa shape index (κ3) is 5.26. The number of benzene rings is 1. The highest BCUT2D eigenvalue weighted by Gasteiger charge is 2.31. The molecule has 6 nitrogen and oxygen atoms in total. The van der Waals surface area contributed by atoms with Crippen molar-refractivity contribution in [3.8, 4) is 11.5 Å². The quantitative estimate of drug-likeness (QED) is 0.534. The largest absolute Gasteiger partial charge is 0.497 e. The first-order valence-corrected chi connectivity index (χ1v) is 11.3. The zero-order chi connectivity index (χ0) is 21.5. The normalized spacial score (nSPS) is 20.1. The fourth-order valence-corrected chi connectivity index (χ4v) is 5.29. The number of thiophene rings is 1. The van der Waals surface area contributed by atoms with E-state index < -0.39 is 0 Å². The van der Waals surface area contributed by atoms with Gasteiger partial charge in [-0.15, -0.1) is 11.3 Å². The number of guanidine groups is 1. The van der Waals surface area contributed by atoms with E-state index in [1.165, 1.54) is 17.7 Å². The van der Waals surface area contributed by atoms with Crippen molar-refractivity contribution in [1.29, 1.82) is 0 Å². The van der Waals surface area contributed by atoms with Crippen molar-refractivity contribution in [2.45, 2.75) is 25.4 Å². The molecule has 2 atom stereocenters. The van der Waals surface area contributed by atoms with Gasteiger partial charge in [0.1, 0.15) is 11.5 Å². The Morgan fingerprint density at radius 3 is 2.80 bits per heavy atom. The molecule has 1 saturated heterocycles. The number of hydrogen-bond donors (Lipinski definition) is 1. The SMILES string of the molecule is CN=C(NCC1CCCN(C)C1c1cccs1)N(C)Cc1ccc(OC)cc1OC.